The SMILES string of the molecule is CO[C@@H]1[C@H](O)CC[C@]2(O)CN(c3cccc(C#N)c3)[C@](C)([C@H](O)CC=C(C)C)[C@@H]12. The maximum Gasteiger partial charge on any atom is 0.0992 e. The van der Waals surface area contributed by atoms with E-state index in [-0.39, 0.29) is 0 Å². The Morgan fingerprint density at radius 1 is 1.45 bits per heavy atom. The summed E-state index contributed by atoms with van der Waals surface area (Å²) in [6.45, 7) is 6.21. The molecule has 0 radical (unpaired) electrons. The molecule has 1 saturated carbocycles. The normalized spacial score (nSPS) is 35.0. The van der Waals surface area contributed by atoms with Crippen LogP contribution in [0.2, 0.25) is 0 Å². The van der Waals surface area contributed by atoms with Crippen molar-refractivity contribution >= 4 is 5.69 Å². The lowest BCUT2D eigenvalue weighted by Crippen LogP contribution is -2.63. The Balaban J connectivity index is 2.13. The Kier molecular flexibility index (Phi) is 6.07. The molecule has 3 rings (SSSR count). The fourth-order valence-corrected chi connectivity index (χ4v) is 5.29. The van der Waals surface area contributed by atoms with E-state index in [9.17, 15) is 20.6 Å². The van der Waals surface area contributed by atoms with Gasteiger partial charge in [0.05, 0.1) is 41.1 Å². The van der Waals surface area contributed by atoms with Crippen LogP contribution < -0.4 is 4.90 Å². The van der Waals surface area contributed by atoms with Gasteiger partial charge in [-0.15, -0.1) is 0 Å². The largest absolute Gasteiger partial charge is 0.390 e. The molecule has 0 unspecified atom stereocenters. The highest BCUT2D eigenvalue weighted by molar-refractivity contribution is 5.57. The van der Waals surface area contributed by atoms with E-state index >= 15 is 0 Å². The number of nitriles is 1. The van der Waals surface area contributed by atoms with Crippen LogP contribution in [0, 0.1) is 17.2 Å². The first-order valence-electron chi connectivity index (χ1n) is 10.2. The van der Waals surface area contributed by atoms with Crippen LogP contribution in [0.15, 0.2) is 35.9 Å². The number of nitrogens with zero attached hydrogens (tertiary/aromatic N) is 2. The van der Waals surface area contributed by atoms with Crippen LogP contribution >= 0.6 is 0 Å². The first kappa shape index (κ1) is 21.8. The number of β-amino-alcohol motifs (C(OH)–C–C–N with tert-alkyl or cyclic N) is 1. The highest BCUT2D eigenvalue weighted by Gasteiger charge is 2.66. The van der Waals surface area contributed by atoms with Crippen molar-refractivity contribution in [3.8, 4) is 6.07 Å². The molecule has 1 heterocycles. The van der Waals surface area contributed by atoms with E-state index in [4.69, 9.17) is 4.74 Å². The van der Waals surface area contributed by atoms with Gasteiger partial charge in [-0.3, -0.25) is 0 Å². The summed E-state index contributed by atoms with van der Waals surface area (Å²) >= 11 is 0. The summed E-state index contributed by atoms with van der Waals surface area (Å²) in [5.41, 5.74) is 0.398. The molecule has 6 nitrogen and oxygen atoms in total. The van der Waals surface area contributed by atoms with Gasteiger partial charge in [0, 0.05) is 25.3 Å². The van der Waals surface area contributed by atoms with Gasteiger partial charge < -0.3 is 25.0 Å². The predicted molar refractivity (Wildman–Crippen MR) is 111 cm³/mol. The molecule has 158 valence electrons. The maximum atomic E-state index is 11.6. The molecule has 6 atom stereocenters. The molecule has 1 aliphatic heterocycles. The van der Waals surface area contributed by atoms with Gasteiger partial charge in [0.25, 0.3) is 0 Å². The molecule has 1 aromatic carbocycles. The molecule has 1 saturated heterocycles. The van der Waals surface area contributed by atoms with Crippen LogP contribution in [0.4, 0.5) is 5.69 Å². The first-order chi connectivity index (χ1) is 13.7. The molecule has 0 bridgehead atoms. The molecule has 0 aromatic heterocycles. The highest BCUT2D eigenvalue weighted by atomic mass is 16.5. The van der Waals surface area contributed by atoms with Gasteiger partial charge in [0.2, 0.25) is 0 Å². The predicted octanol–water partition coefficient (Wildman–Crippen LogP) is 2.37. The monoisotopic (exact) mass is 400 g/mol. The van der Waals surface area contributed by atoms with Gasteiger partial charge in [-0.1, -0.05) is 17.7 Å². The van der Waals surface area contributed by atoms with Crippen molar-refractivity contribution in [1.29, 1.82) is 5.26 Å². The number of ether oxygens (including phenoxy) is 1. The summed E-state index contributed by atoms with van der Waals surface area (Å²) in [5.74, 6) is -0.491. The molecule has 3 N–H and O–H groups in total. The number of aliphatic hydroxyl groups excluding tert-OH is 2. The number of anilines is 1. The Labute approximate surface area is 173 Å². The molecular formula is C23H32N2O4. The first-order valence-corrected chi connectivity index (χ1v) is 10.2. The third kappa shape index (κ3) is 3.69. The van der Waals surface area contributed by atoms with Crippen molar-refractivity contribution in [3.05, 3.63) is 41.5 Å². The molecule has 0 amide bonds. The molecule has 29 heavy (non-hydrogen) atoms. The summed E-state index contributed by atoms with van der Waals surface area (Å²) in [6, 6.07) is 9.39. The summed E-state index contributed by atoms with van der Waals surface area (Å²) in [4.78, 5) is 2.01. The van der Waals surface area contributed by atoms with Gasteiger partial charge in [0.1, 0.15) is 0 Å². The number of rotatable bonds is 5. The summed E-state index contributed by atoms with van der Waals surface area (Å²) in [7, 11) is 1.54. The van der Waals surface area contributed by atoms with E-state index in [1.807, 2.05) is 43.9 Å². The van der Waals surface area contributed by atoms with Crippen molar-refractivity contribution in [2.75, 3.05) is 18.6 Å². The van der Waals surface area contributed by atoms with Crippen LogP contribution in [0.3, 0.4) is 0 Å². The minimum absolute atomic E-state index is 0.307. The molecule has 2 fully saturated rings. The number of benzene rings is 1. The number of aliphatic hydroxyl groups is 3. The zero-order valence-corrected chi connectivity index (χ0v) is 17.7. The Morgan fingerprint density at radius 3 is 2.79 bits per heavy atom. The number of fused-ring (bicyclic) bond motifs is 1. The molecule has 0 spiro atoms. The maximum absolute atomic E-state index is 11.6. The topological polar surface area (TPSA) is 97.0 Å². The Bertz CT molecular complexity index is 815. The van der Waals surface area contributed by atoms with E-state index in [1.165, 1.54) is 0 Å². The van der Waals surface area contributed by atoms with E-state index in [0.29, 0.717) is 31.4 Å². The van der Waals surface area contributed by atoms with Gasteiger partial charge in [0.15, 0.2) is 0 Å². The number of allylic oxidation sites excluding steroid dienone is 1. The molecule has 1 aromatic rings. The van der Waals surface area contributed by atoms with E-state index in [0.717, 1.165) is 11.3 Å². The fraction of sp³-hybridized carbons (Fsp3) is 0.609. The Hall–Kier alpha value is -1.91. The Morgan fingerprint density at radius 2 is 2.17 bits per heavy atom. The van der Waals surface area contributed by atoms with Gasteiger partial charge in [-0.05, 0) is 58.2 Å². The van der Waals surface area contributed by atoms with Gasteiger partial charge in [-0.25, -0.2) is 0 Å². The second kappa shape index (κ2) is 8.08. The lowest BCUT2D eigenvalue weighted by molar-refractivity contribution is -0.164. The number of methoxy groups -OCH3 is 1. The van der Waals surface area contributed by atoms with E-state index in [1.54, 1.807) is 19.2 Å². The van der Waals surface area contributed by atoms with Crippen LogP contribution in [0.1, 0.15) is 45.6 Å². The number of hydrogen-bond acceptors (Lipinski definition) is 6. The average molecular weight is 401 g/mol. The standard InChI is InChI=1S/C23H32N2O4/c1-15(2)8-9-19(27)22(3)21-20(29-4)18(26)10-11-23(21,28)14-25(22)17-7-5-6-16(12-17)13-24/h5-8,12,18-21,26-28H,9-11,14H2,1-4H3/t18-,19-,20-,21-,22-,23+/m1/s1. The van der Waals surface area contributed by atoms with Crippen LogP contribution in [-0.4, -0.2) is 58.4 Å². The van der Waals surface area contributed by atoms with Crippen molar-refractivity contribution in [2.24, 2.45) is 5.92 Å². The zero-order valence-electron chi connectivity index (χ0n) is 17.7. The number of hydrogen-bond donors (Lipinski definition) is 3. The second-order valence-electron chi connectivity index (χ2n) is 8.89. The van der Waals surface area contributed by atoms with Gasteiger partial charge >= 0.3 is 0 Å². The van der Waals surface area contributed by atoms with Crippen molar-refractivity contribution in [1.82, 2.24) is 0 Å². The molecule has 2 aliphatic rings. The third-order valence-electron chi connectivity index (χ3n) is 6.79. The smallest absolute Gasteiger partial charge is 0.0992 e. The minimum atomic E-state index is -1.11. The lowest BCUT2D eigenvalue weighted by atomic mass is 9.65. The van der Waals surface area contributed by atoms with Crippen LogP contribution in [0.25, 0.3) is 0 Å². The molecular weight excluding hydrogens is 368 g/mol. The second-order valence-corrected chi connectivity index (χ2v) is 8.89. The highest BCUT2D eigenvalue weighted by Crippen LogP contribution is 2.53. The van der Waals surface area contributed by atoms with E-state index in [2.05, 4.69) is 6.07 Å². The lowest BCUT2D eigenvalue weighted by Gasteiger charge is -2.50. The molecule has 6 heteroatoms. The quantitative estimate of drug-likeness (QED) is 0.657. The fourth-order valence-electron chi connectivity index (χ4n) is 5.29. The summed E-state index contributed by atoms with van der Waals surface area (Å²) in [6.07, 6.45) is 1.18. The minimum Gasteiger partial charge on any atom is -0.390 e. The van der Waals surface area contributed by atoms with Gasteiger partial charge in [-0.2, -0.15) is 5.26 Å². The van der Waals surface area contributed by atoms with E-state index < -0.39 is 35.4 Å². The van der Waals surface area contributed by atoms with Crippen LogP contribution in [0.5, 0.6) is 0 Å². The van der Waals surface area contributed by atoms with Crippen molar-refractivity contribution in [2.45, 2.75) is 69.5 Å². The zero-order chi connectivity index (χ0) is 21.4. The summed E-state index contributed by atoms with van der Waals surface area (Å²) < 4.78 is 5.67. The van der Waals surface area contributed by atoms with Crippen molar-refractivity contribution in [3.63, 3.8) is 0 Å². The average Bonchev–Trinajstić information content (AvgIpc) is 2.95. The third-order valence-corrected chi connectivity index (χ3v) is 6.79. The van der Waals surface area contributed by atoms with Crippen molar-refractivity contribution < 1.29 is 20.1 Å². The van der Waals surface area contributed by atoms with Crippen LogP contribution in [-0.2, 0) is 4.74 Å². The summed E-state index contributed by atoms with van der Waals surface area (Å²) in [5, 5.41) is 42.9. The molecule has 1 aliphatic carbocycles.